The molecule has 0 unspecified atom stereocenters. The molecule has 0 bridgehead atoms. The van der Waals surface area contributed by atoms with Gasteiger partial charge in [-0.3, -0.25) is 4.79 Å². The van der Waals surface area contributed by atoms with Crippen LogP contribution < -0.4 is 0 Å². The molecule has 0 aliphatic rings. The Morgan fingerprint density at radius 2 is 2.11 bits per heavy atom. The third-order valence-electron chi connectivity index (χ3n) is 2.63. The number of benzene rings is 1. The third-order valence-corrected chi connectivity index (χ3v) is 2.93. The summed E-state index contributed by atoms with van der Waals surface area (Å²) in [5.74, 6) is -0.315. The van der Waals surface area contributed by atoms with Crippen LogP contribution in [0.2, 0.25) is 5.02 Å². The van der Waals surface area contributed by atoms with E-state index in [9.17, 15) is 4.79 Å². The van der Waals surface area contributed by atoms with Crippen LogP contribution in [0.3, 0.4) is 0 Å². The van der Waals surface area contributed by atoms with Gasteiger partial charge in [0.15, 0.2) is 0 Å². The maximum atomic E-state index is 10.7. The number of ether oxygens (including phenoxy) is 1. The molecule has 0 aliphatic carbocycles. The molecule has 0 aliphatic heterocycles. The van der Waals surface area contributed by atoms with Crippen molar-refractivity contribution >= 4 is 17.6 Å². The summed E-state index contributed by atoms with van der Waals surface area (Å²) in [5.41, 5.74) is 2.83. The van der Waals surface area contributed by atoms with Crippen molar-refractivity contribution in [3.63, 3.8) is 0 Å². The lowest BCUT2D eigenvalue weighted by Crippen LogP contribution is -1.98. The quantitative estimate of drug-likeness (QED) is 0.874. The number of carbonyl (C=O) groups excluding carboxylic acids is 1. The van der Waals surface area contributed by atoms with Crippen LogP contribution in [-0.4, -0.2) is 11.0 Å². The highest BCUT2D eigenvalue weighted by atomic mass is 35.5. The summed E-state index contributed by atoms with van der Waals surface area (Å²) >= 11 is 6.05. The van der Waals surface area contributed by atoms with Gasteiger partial charge >= 0.3 is 5.97 Å². The zero-order valence-electron chi connectivity index (χ0n) is 10.2. The van der Waals surface area contributed by atoms with Gasteiger partial charge in [-0.05, 0) is 11.1 Å². The highest BCUT2D eigenvalue weighted by Crippen LogP contribution is 2.31. The van der Waals surface area contributed by atoms with Crippen molar-refractivity contribution in [1.82, 2.24) is 4.98 Å². The first kappa shape index (κ1) is 13.2. The highest BCUT2D eigenvalue weighted by molar-refractivity contribution is 6.33. The predicted molar refractivity (Wildman–Crippen MR) is 71.4 cm³/mol. The van der Waals surface area contributed by atoms with E-state index in [1.807, 2.05) is 24.3 Å². The van der Waals surface area contributed by atoms with Gasteiger partial charge in [0.1, 0.15) is 18.4 Å². The number of nitrogens with one attached hydrogen (secondary N) is 1. The molecule has 0 fully saturated rings. The van der Waals surface area contributed by atoms with Gasteiger partial charge in [-0.1, -0.05) is 35.9 Å². The van der Waals surface area contributed by atoms with Gasteiger partial charge in [0.05, 0.1) is 5.02 Å². The van der Waals surface area contributed by atoms with E-state index >= 15 is 0 Å². The Morgan fingerprint density at radius 1 is 1.42 bits per heavy atom. The van der Waals surface area contributed by atoms with E-state index in [1.165, 1.54) is 6.92 Å². The Hall–Kier alpha value is -2.25. The minimum Gasteiger partial charge on any atom is -0.461 e. The number of hydrogen-bond acceptors (Lipinski definition) is 3. The lowest BCUT2D eigenvalue weighted by molar-refractivity contribution is -0.142. The molecule has 2 rings (SSSR count). The molecule has 1 heterocycles. The van der Waals surface area contributed by atoms with Gasteiger partial charge in [-0.25, -0.2) is 0 Å². The van der Waals surface area contributed by atoms with Crippen LogP contribution in [0, 0.1) is 11.3 Å². The number of H-pyrrole nitrogens is 1. The minimum atomic E-state index is -0.315. The van der Waals surface area contributed by atoms with Crippen LogP contribution in [0.25, 0.3) is 11.1 Å². The molecule has 0 amide bonds. The summed E-state index contributed by atoms with van der Waals surface area (Å²) in [5, 5.41) is 9.50. The van der Waals surface area contributed by atoms with Crippen molar-refractivity contribution in [3.8, 4) is 17.2 Å². The van der Waals surface area contributed by atoms with Crippen molar-refractivity contribution in [2.75, 3.05) is 0 Å². The summed E-state index contributed by atoms with van der Waals surface area (Å²) in [4.78, 5) is 13.5. The van der Waals surface area contributed by atoms with E-state index in [1.54, 1.807) is 6.20 Å². The van der Waals surface area contributed by atoms with Crippen molar-refractivity contribution < 1.29 is 9.53 Å². The average molecular weight is 275 g/mol. The molecule has 0 spiro atoms. The second kappa shape index (κ2) is 5.59. The lowest BCUT2D eigenvalue weighted by atomic mass is 10.0. The average Bonchev–Trinajstić information content (AvgIpc) is 2.78. The van der Waals surface area contributed by atoms with Gasteiger partial charge in [-0.2, -0.15) is 5.26 Å². The van der Waals surface area contributed by atoms with Crippen LogP contribution in [0.1, 0.15) is 18.2 Å². The van der Waals surface area contributed by atoms with Crippen molar-refractivity contribution in [1.29, 1.82) is 5.26 Å². The van der Waals surface area contributed by atoms with E-state index in [-0.39, 0.29) is 12.6 Å². The zero-order chi connectivity index (χ0) is 13.8. The number of esters is 1. The Balaban J connectivity index is 2.25. The summed E-state index contributed by atoms with van der Waals surface area (Å²) in [7, 11) is 0. The number of hydrogen-bond donors (Lipinski definition) is 1. The molecular weight excluding hydrogens is 264 g/mol. The number of carbonyl (C=O) groups is 1. The molecule has 2 aromatic rings. The molecule has 0 atom stereocenters. The lowest BCUT2D eigenvalue weighted by Gasteiger charge is -2.04. The second-order valence-corrected chi connectivity index (χ2v) is 4.38. The molecule has 0 radical (unpaired) electrons. The molecular formula is C14H11ClN2O2. The van der Waals surface area contributed by atoms with E-state index in [0.717, 1.165) is 11.1 Å². The summed E-state index contributed by atoms with van der Waals surface area (Å²) in [6, 6.07) is 9.42. The summed E-state index contributed by atoms with van der Waals surface area (Å²) in [6.07, 6.45) is 1.59. The number of aromatic amines is 1. The number of rotatable bonds is 3. The topological polar surface area (TPSA) is 65.9 Å². The van der Waals surface area contributed by atoms with Gasteiger partial charge in [0.25, 0.3) is 0 Å². The first-order valence-electron chi connectivity index (χ1n) is 5.61. The van der Waals surface area contributed by atoms with Gasteiger partial charge in [0.2, 0.25) is 0 Å². The molecule has 5 heteroatoms. The van der Waals surface area contributed by atoms with E-state index in [0.29, 0.717) is 16.3 Å². The van der Waals surface area contributed by atoms with Crippen LogP contribution in [0.4, 0.5) is 0 Å². The zero-order valence-corrected chi connectivity index (χ0v) is 11.0. The second-order valence-electron chi connectivity index (χ2n) is 3.98. The Bertz CT molecular complexity index is 638. The standard InChI is InChI=1S/C14H11ClN2O2/c1-9(18)19-8-10-2-4-11(5-3-10)14-12(15)7-17-13(14)6-16/h2-5,7,17H,8H2,1H3. The van der Waals surface area contributed by atoms with Crippen molar-refractivity contribution in [3.05, 3.63) is 46.7 Å². The van der Waals surface area contributed by atoms with E-state index in [4.69, 9.17) is 21.6 Å². The van der Waals surface area contributed by atoms with Gasteiger partial charge in [0, 0.05) is 18.7 Å². The molecule has 19 heavy (non-hydrogen) atoms. The maximum absolute atomic E-state index is 10.7. The fraction of sp³-hybridized carbons (Fsp3) is 0.143. The normalized spacial score (nSPS) is 9.95. The van der Waals surface area contributed by atoms with Crippen LogP contribution in [-0.2, 0) is 16.1 Å². The first-order chi connectivity index (χ1) is 9.11. The largest absolute Gasteiger partial charge is 0.461 e. The fourth-order valence-corrected chi connectivity index (χ4v) is 1.98. The molecule has 1 aromatic carbocycles. The Kier molecular flexibility index (Phi) is 3.88. The molecule has 0 saturated heterocycles. The fourth-order valence-electron chi connectivity index (χ4n) is 1.72. The van der Waals surface area contributed by atoms with E-state index < -0.39 is 0 Å². The number of aromatic nitrogens is 1. The Morgan fingerprint density at radius 3 is 2.68 bits per heavy atom. The summed E-state index contributed by atoms with van der Waals surface area (Å²) in [6.45, 7) is 1.61. The molecule has 96 valence electrons. The van der Waals surface area contributed by atoms with Crippen molar-refractivity contribution in [2.45, 2.75) is 13.5 Å². The number of nitrogens with zero attached hydrogens (tertiary/aromatic N) is 1. The number of halogens is 1. The molecule has 1 N–H and O–H groups in total. The van der Waals surface area contributed by atoms with Crippen molar-refractivity contribution in [2.24, 2.45) is 0 Å². The minimum absolute atomic E-state index is 0.238. The predicted octanol–water partition coefficient (Wildman–Crippen LogP) is 3.27. The van der Waals surface area contributed by atoms with Crippen LogP contribution >= 0.6 is 11.6 Å². The number of nitriles is 1. The van der Waals surface area contributed by atoms with Gasteiger partial charge in [-0.15, -0.1) is 0 Å². The SMILES string of the molecule is CC(=O)OCc1ccc(-c2c(Cl)c[nH]c2C#N)cc1. The van der Waals surface area contributed by atoms with Gasteiger partial charge < -0.3 is 9.72 Å². The Labute approximate surface area is 115 Å². The summed E-state index contributed by atoms with van der Waals surface area (Å²) < 4.78 is 4.90. The van der Waals surface area contributed by atoms with Crippen LogP contribution in [0.5, 0.6) is 0 Å². The monoisotopic (exact) mass is 274 g/mol. The first-order valence-corrected chi connectivity index (χ1v) is 5.99. The van der Waals surface area contributed by atoms with Crippen LogP contribution in [0.15, 0.2) is 30.5 Å². The maximum Gasteiger partial charge on any atom is 0.302 e. The third kappa shape index (κ3) is 2.95. The smallest absolute Gasteiger partial charge is 0.302 e. The molecule has 4 nitrogen and oxygen atoms in total. The molecule has 0 saturated carbocycles. The molecule has 1 aromatic heterocycles. The highest BCUT2D eigenvalue weighted by Gasteiger charge is 2.11. The van der Waals surface area contributed by atoms with E-state index in [2.05, 4.69) is 11.1 Å².